The highest BCUT2D eigenvalue weighted by Gasteiger charge is 2.62. The number of carbonyl (C=O) groups is 5. The molecule has 0 bridgehead atoms. The Labute approximate surface area is 406 Å². The van der Waals surface area contributed by atoms with E-state index in [9.17, 15) is 37.1 Å². The molecule has 5 amide bonds. The van der Waals surface area contributed by atoms with E-state index in [0.717, 1.165) is 6.07 Å². The van der Waals surface area contributed by atoms with E-state index in [1.54, 1.807) is 41.3 Å². The van der Waals surface area contributed by atoms with Gasteiger partial charge in [-0.15, -0.1) is 0 Å². The highest BCUT2D eigenvalue weighted by atomic mass is 35.5. The first-order valence-electron chi connectivity index (χ1n) is 22.9. The zero-order valence-electron chi connectivity index (χ0n) is 38.7. The van der Waals surface area contributed by atoms with Gasteiger partial charge in [0.25, 0.3) is 11.8 Å². The summed E-state index contributed by atoms with van der Waals surface area (Å²) in [5.74, 6) is 2.66. The van der Waals surface area contributed by atoms with E-state index in [4.69, 9.17) is 21.1 Å². The SMILES string of the molecule is COc1cc(C(=O)N2CCO[C@@H](CC#Cc3cccc4c3CN([C@H]3CCC(=O)NC3=O)C4=O)C2)ccc1NC(=O)[C@@H]1N[C@@H](CC(C)(C)C)[C@@]2(CNc3cc(C(F)(F)F)ncc32)[C@H]1c1cccc(Cl)c1F. The largest absolute Gasteiger partial charge is 0.495 e. The molecule has 4 aromatic rings. The van der Waals surface area contributed by atoms with E-state index >= 15 is 4.39 Å². The fourth-order valence-electron chi connectivity index (χ4n) is 10.6. The first-order chi connectivity index (χ1) is 33.3. The maximum atomic E-state index is 16.3. The maximum Gasteiger partial charge on any atom is 0.433 e. The summed E-state index contributed by atoms with van der Waals surface area (Å²) in [6.07, 6.45) is -2.87. The van der Waals surface area contributed by atoms with Crippen LogP contribution >= 0.6 is 11.6 Å². The second-order valence-electron chi connectivity index (χ2n) is 19.5. The van der Waals surface area contributed by atoms with Gasteiger partial charge in [-0.1, -0.05) is 62.4 Å². The number of nitrogens with zero attached hydrogens (tertiary/aromatic N) is 3. The Morgan fingerprint density at radius 3 is 2.60 bits per heavy atom. The van der Waals surface area contributed by atoms with Crippen molar-refractivity contribution in [2.45, 2.75) is 94.7 Å². The number of hydrogen-bond donors (Lipinski definition) is 4. The van der Waals surface area contributed by atoms with Gasteiger partial charge in [0.2, 0.25) is 17.7 Å². The van der Waals surface area contributed by atoms with Gasteiger partial charge >= 0.3 is 6.18 Å². The monoisotopic (exact) mass is 983 g/mol. The standard InChI is InChI=1S/C51H50ClF4N7O7/c1-49(2,3)22-40-50(26-58-36-21-39(51(54,55)56)57-23-33(36)50)42(31-12-7-13-34(52)43(31)53)44(60-40)46(66)59-35-15-14-28(20-38(35)69-4)47(67)62-18-19-70-29(24-62)10-5-8-27-9-6-11-30-32(27)25-63(48(30)68)37-16-17-41(64)61-45(37)65/h6-7,9,11-15,20-21,23,29,37,40,42,44,58,60H,10,16-19,22,24-26H2,1-4H3,(H,59,66)(H,61,64,65)/t29-,37-,40-,42-,44+,50-/m0/s1. The molecule has 5 aliphatic rings. The molecule has 19 heteroatoms. The molecule has 9 rings (SSSR count). The Morgan fingerprint density at radius 2 is 1.86 bits per heavy atom. The van der Waals surface area contributed by atoms with Gasteiger partial charge in [0.15, 0.2) is 0 Å². The number of morpholine rings is 1. The molecule has 3 saturated heterocycles. The van der Waals surface area contributed by atoms with Gasteiger partial charge in [-0.05, 0) is 71.8 Å². The van der Waals surface area contributed by atoms with Gasteiger partial charge in [-0.3, -0.25) is 34.3 Å². The summed E-state index contributed by atoms with van der Waals surface area (Å²) in [7, 11) is 1.39. The van der Waals surface area contributed by atoms with Crippen molar-refractivity contribution in [3.05, 3.63) is 117 Å². The van der Waals surface area contributed by atoms with Crippen LogP contribution in [-0.4, -0.2) is 102 Å². The molecule has 3 fully saturated rings. The summed E-state index contributed by atoms with van der Waals surface area (Å²) < 4.78 is 69.7. The molecule has 4 N–H and O–H groups in total. The summed E-state index contributed by atoms with van der Waals surface area (Å²) >= 11 is 6.36. The van der Waals surface area contributed by atoms with E-state index in [2.05, 4.69) is 38.1 Å². The van der Waals surface area contributed by atoms with E-state index < -0.39 is 65.1 Å². The van der Waals surface area contributed by atoms with Crippen molar-refractivity contribution in [1.82, 2.24) is 25.4 Å². The number of fused-ring (bicyclic) bond motifs is 3. The van der Waals surface area contributed by atoms with Crippen molar-refractivity contribution in [2.75, 3.05) is 44.0 Å². The smallest absolute Gasteiger partial charge is 0.433 e. The second-order valence-corrected chi connectivity index (χ2v) is 19.9. The van der Waals surface area contributed by atoms with Crippen molar-refractivity contribution in [2.24, 2.45) is 5.41 Å². The number of amides is 5. The average molecular weight is 984 g/mol. The molecule has 0 aliphatic carbocycles. The van der Waals surface area contributed by atoms with Crippen LogP contribution in [0.15, 0.2) is 66.9 Å². The van der Waals surface area contributed by atoms with Gasteiger partial charge in [0.1, 0.15) is 23.3 Å². The van der Waals surface area contributed by atoms with Crippen LogP contribution in [0.25, 0.3) is 0 Å². The minimum atomic E-state index is -4.71. The topological polar surface area (TPSA) is 171 Å². The Balaban J connectivity index is 0.924. The molecule has 366 valence electrons. The number of rotatable bonds is 8. The highest BCUT2D eigenvalue weighted by Crippen LogP contribution is 2.57. The van der Waals surface area contributed by atoms with Gasteiger partial charge in [-0.2, -0.15) is 13.2 Å². The van der Waals surface area contributed by atoms with Crippen molar-refractivity contribution >= 4 is 52.5 Å². The number of benzene rings is 3. The zero-order valence-corrected chi connectivity index (χ0v) is 39.4. The number of alkyl halides is 3. The third-order valence-electron chi connectivity index (χ3n) is 13.8. The number of pyridine rings is 1. The molecule has 5 aliphatic heterocycles. The summed E-state index contributed by atoms with van der Waals surface area (Å²) in [5.41, 5.74) is 0.363. The molecule has 0 unspecified atom stereocenters. The molecule has 6 heterocycles. The lowest BCUT2D eigenvalue weighted by Gasteiger charge is -2.39. The normalized spacial score (nSPS) is 24.1. The number of anilines is 2. The number of carbonyl (C=O) groups excluding carboxylic acids is 5. The number of nitrogens with one attached hydrogen (secondary N) is 4. The van der Waals surface area contributed by atoms with E-state index in [1.807, 2.05) is 20.8 Å². The third kappa shape index (κ3) is 9.06. The van der Waals surface area contributed by atoms with Crippen LogP contribution in [0.5, 0.6) is 5.75 Å². The Morgan fingerprint density at radius 1 is 1.07 bits per heavy atom. The fourth-order valence-corrected chi connectivity index (χ4v) is 10.8. The molecule has 1 spiro atoms. The number of piperidine rings is 1. The van der Waals surface area contributed by atoms with E-state index in [1.165, 1.54) is 36.4 Å². The van der Waals surface area contributed by atoms with Crippen LogP contribution in [0, 0.1) is 23.1 Å². The van der Waals surface area contributed by atoms with Crippen LogP contribution in [0.1, 0.15) is 101 Å². The lowest BCUT2D eigenvalue weighted by molar-refractivity contribution is -0.141. The summed E-state index contributed by atoms with van der Waals surface area (Å²) in [4.78, 5) is 73.3. The first-order valence-corrected chi connectivity index (χ1v) is 23.3. The Hall–Kier alpha value is -6.55. The maximum absolute atomic E-state index is 16.3. The molecular weight excluding hydrogens is 934 g/mol. The lowest BCUT2D eigenvalue weighted by Crippen LogP contribution is -2.52. The average Bonchev–Trinajstić information content (AvgIpc) is 3.97. The van der Waals surface area contributed by atoms with Crippen LogP contribution in [0.4, 0.5) is 28.9 Å². The number of ether oxygens (including phenoxy) is 2. The fraction of sp³-hybridized carbons (Fsp3) is 0.412. The summed E-state index contributed by atoms with van der Waals surface area (Å²) in [6.45, 7) is 7.02. The summed E-state index contributed by atoms with van der Waals surface area (Å²) in [6, 6.07) is 12.8. The van der Waals surface area contributed by atoms with Crippen molar-refractivity contribution in [3.63, 3.8) is 0 Å². The van der Waals surface area contributed by atoms with Crippen LogP contribution in [0.2, 0.25) is 5.02 Å². The molecule has 3 aromatic carbocycles. The van der Waals surface area contributed by atoms with Crippen molar-refractivity contribution in [1.29, 1.82) is 0 Å². The quantitative estimate of drug-likeness (QED) is 0.0836. The Kier molecular flexibility index (Phi) is 12.9. The molecular formula is C51H50ClF4N7O7. The molecule has 6 atom stereocenters. The predicted octanol–water partition coefficient (Wildman–Crippen LogP) is 6.81. The van der Waals surface area contributed by atoms with Crippen LogP contribution < -0.4 is 26.0 Å². The van der Waals surface area contributed by atoms with Gasteiger partial charge in [-0.25, -0.2) is 4.39 Å². The molecule has 0 radical (unpaired) electrons. The van der Waals surface area contributed by atoms with Gasteiger partial charge in [0.05, 0.1) is 36.6 Å². The van der Waals surface area contributed by atoms with Crippen molar-refractivity contribution < 1.29 is 51.0 Å². The lowest BCUT2D eigenvalue weighted by atomic mass is 9.63. The Bertz CT molecular complexity index is 2880. The number of halogens is 5. The van der Waals surface area contributed by atoms with Crippen LogP contribution in [0.3, 0.4) is 0 Å². The van der Waals surface area contributed by atoms with E-state index in [0.29, 0.717) is 35.2 Å². The summed E-state index contributed by atoms with van der Waals surface area (Å²) in [5, 5.41) is 11.7. The van der Waals surface area contributed by atoms with Gasteiger partial charge in [0, 0.05) is 90.5 Å². The number of imide groups is 1. The molecule has 1 aromatic heterocycles. The zero-order chi connectivity index (χ0) is 49.9. The highest BCUT2D eigenvalue weighted by molar-refractivity contribution is 6.30. The molecule has 0 saturated carbocycles. The van der Waals surface area contributed by atoms with E-state index in [-0.39, 0.29) is 102 Å². The first kappa shape index (κ1) is 48.5. The van der Waals surface area contributed by atoms with Gasteiger partial charge < -0.3 is 35.2 Å². The number of aromatic nitrogens is 1. The van der Waals surface area contributed by atoms with Crippen LogP contribution in [-0.2, 0) is 37.3 Å². The number of methoxy groups -OCH3 is 1. The second kappa shape index (κ2) is 18.6. The predicted molar refractivity (Wildman–Crippen MR) is 250 cm³/mol. The molecule has 70 heavy (non-hydrogen) atoms. The minimum absolute atomic E-state index is 0.0680. The third-order valence-corrected chi connectivity index (χ3v) is 14.1. The minimum Gasteiger partial charge on any atom is -0.495 e. The molecule has 14 nitrogen and oxygen atoms in total. The van der Waals surface area contributed by atoms with Crippen molar-refractivity contribution in [3.8, 4) is 17.6 Å². The number of hydrogen-bond acceptors (Lipinski definition) is 10.